The van der Waals surface area contributed by atoms with Gasteiger partial charge in [0.1, 0.15) is 0 Å². The molecule has 4 rings (SSSR count). The second-order valence-electron chi connectivity index (χ2n) is 7.09. The maximum Gasteiger partial charge on any atom is 0.335 e. The molecule has 0 aliphatic carbocycles. The molecule has 1 unspecified atom stereocenters. The van der Waals surface area contributed by atoms with Crippen molar-refractivity contribution < 1.29 is 23.9 Å². The molecule has 1 fully saturated rings. The number of benzene rings is 2. The highest BCUT2D eigenvalue weighted by Crippen LogP contribution is 2.32. The number of carbonyl (C=O) groups is 3. The van der Waals surface area contributed by atoms with Crippen LogP contribution in [0.25, 0.3) is 0 Å². The van der Waals surface area contributed by atoms with Crippen LogP contribution in [-0.2, 0) is 16.1 Å². The van der Waals surface area contributed by atoms with E-state index in [4.69, 9.17) is 9.47 Å². The van der Waals surface area contributed by atoms with E-state index < -0.39 is 23.8 Å². The molecule has 8 heteroatoms. The molecule has 1 atom stereocenters. The van der Waals surface area contributed by atoms with Gasteiger partial charge in [-0.1, -0.05) is 30.7 Å². The van der Waals surface area contributed by atoms with Gasteiger partial charge in [-0.05, 0) is 43.2 Å². The van der Waals surface area contributed by atoms with E-state index in [9.17, 15) is 14.4 Å². The van der Waals surface area contributed by atoms with Crippen LogP contribution in [0.3, 0.4) is 0 Å². The molecule has 154 valence electrons. The van der Waals surface area contributed by atoms with Crippen LogP contribution in [0.15, 0.2) is 47.5 Å². The zero-order chi connectivity index (χ0) is 21.3. The Morgan fingerprint density at radius 2 is 1.83 bits per heavy atom. The van der Waals surface area contributed by atoms with Gasteiger partial charge in [0, 0.05) is 5.71 Å². The number of barbiturate groups is 1. The number of ether oxygens (including phenoxy) is 2. The van der Waals surface area contributed by atoms with E-state index in [-0.39, 0.29) is 13.3 Å². The number of aliphatic imine (C=N–C) groups is 1. The first kappa shape index (κ1) is 19.6. The largest absolute Gasteiger partial charge is 0.454 e. The smallest absolute Gasteiger partial charge is 0.335 e. The lowest BCUT2D eigenvalue weighted by Gasteiger charge is -2.30. The van der Waals surface area contributed by atoms with Crippen molar-refractivity contribution in [3.8, 4) is 11.5 Å². The first-order valence-corrected chi connectivity index (χ1v) is 9.65. The van der Waals surface area contributed by atoms with Crippen LogP contribution in [0.5, 0.6) is 11.5 Å². The molecule has 30 heavy (non-hydrogen) atoms. The van der Waals surface area contributed by atoms with Gasteiger partial charge in [0.2, 0.25) is 12.7 Å². The number of nitrogens with zero attached hydrogens (tertiary/aromatic N) is 2. The van der Waals surface area contributed by atoms with Gasteiger partial charge in [-0.25, -0.2) is 9.69 Å². The first-order valence-electron chi connectivity index (χ1n) is 9.65. The summed E-state index contributed by atoms with van der Waals surface area (Å²) >= 11 is 0. The minimum absolute atomic E-state index is 0.182. The van der Waals surface area contributed by atoms with Crippen LogP contribution in [0, 0.1) is 12.8 Å². The van der Waals surface area contributed by atoms with E-state index in [1.165, 1.54) is 0 Å². The van der Waals surface area contributed by atoms with Crippen LogP contribution in [0.2, 0.25) is 0 Å². The highest BCUT2D eigenvalue weighted by Gasteiger charge is 2.43. The Bertz CT molecular complexity index is 1050. The summed E-state index contributed by atoms with van der Waals surface area (Å²) in [6, 6.07) is 11.7. The highest BCUT2D eigenvalue weighted by molar-refractivity contribution is 6.35. The van der Waals surface area contributed by atoms with Crippen LogP contribution in [0.1, 0.15) is 24.5 Å². The molecule has 8 nitrogen and oxygen atoms in total. The van der Waals surface area contributed by atoms with E-state index >= 15 is 0 Å². The summed E-state index contributed by atoms with van der Waals surface area (Å²) < 4.78 is 10.7. The summed E-state index contributed by atoms with van der Waals surface area (Å²) in [7, 11) is 0. The fourth-order valence-corrected chi connectivity index (χ4v) is 3.45. The Kier molecular flexibility index (Phi) is 5.22. The van der Waals surface area contributed by atoms with Crippen molar-refractivity contribution in [3.63, 3.8) is 0 Å². The quantitative estimate of drug-likeness (QED) is 0.607. The predicted octanol–water partition coefficient (Wildman–Crippen LogP) is 2.97. The fraction of sp³-hybridized carbons (Fsp3) is 0.273. The molecular formula is C22H21N3O5. The van der Waals surface area contributed by atoms with Gasteiger partial charge in [0.25, 0.3) is 5.91 Å². The Hall–Kier alpha value is -3.68. The molecule has 0 aromatic heterocycles. The van der Waals surface area contributed by atoms with Gasteiger partial charge >= 0.3 is 6.03 Å². The third kappa shape index (κ3) is 3.63. The third-order valence-electron chi connectivity index (χ3n) is 5.05. The third-order valence-corrected chi connectivity index (χ3v) is 5.05. The zero-order valence-corrected chi connectivity index (χ0v) is 16.7. The van der Waals surface area contributed by atoms with Gasteiger partial charge in [0.15, 0.2) is 17.4 Å². The van der Waals surface area contributed by atoms with Crippen molar-refractivity contribution in [2.24, 2.45) is 10.9 Å². The number of hydrogen-bond donors (Lipinski definition) is 1. The van der Waals surface area contributed by atoms with E-state index in [1.54, 1.807) is 30.3 Å². The molecule has 0 spiro atoms. The lowest BCUT2D eigenvalue weighted by Crippen LogP contribution is -2.60. The zero-order valence-electron chi connectivity index (χ0n) is 16.7. The predicted molar refractivity (Wildman–Crippen MR) is 110 cm³/mol. The molecule has 2 aromatic rings. The molecule has 0 radical (unpaired) electrons. The number of fused-ring (bicyclic) bond motifs is 1. The maximum absolute atomic E-state index is 13.1. The summed E-state index contributed by atoms with van der Waals surface area (Å²) in [5.74, 6) is -1.09. The van der Waals surface area contributed by atoms with Crippen LogP contribution in [-0.4, -0.2) is 30.4 Å². The SMILES string of the molecule is CCC(=NCc1ccc2c(c1)OCO2)C1C(=O)NC(=O)N(c2ccc(C)cc2)C1=O. The molecule has 2 aliphatic heterocycles. The Morgan fingerprint density at radius 1 is 1.10 bits per heavy atom. The van der Waals surface area contributed by atoms with Gasteiger partial charge in [-0.2, -0.15) is 0 Å². The Balaban J connectivity index is 1.59. The number of hydrogen-bond acceptors (Lipinski definition) is 6. The number of rotatable bonds is 5. The van der Waals surface area contributed by atoms with Crippen molar-refractivity contribution >= 4 is 29.2 Å². The molecule has 0 saturated carbocycles. The van der Waals surface area contributed by atoms with Crippen molar-refractivity contribution in [1.29, 1.82) is 0 Å². The highest BCUT2D eigenvalue weighted by atomic mass is 16.7. The van der Waals surface area contributed by atoms with Crippen molar-refractivity contribution in [1.82, 2.24) is 5.32 Å². The molecule has 2 aromatic carbocycles. The van der Waals surface area contributed by atoms with Crippen LogP contribution >= 0.6 is 0 Å². The summed E-state index contributed by atoms with van der Waals surface area (Å²) in [5.41, 5.74) is 2.68. The van der Waals surface area contributed by atoms with Gasteiger partial charge < -0.3 is 9.47 Å². The van der Waals surface area contributed by atoms with Crippen molar-refractivity contribution in [3.05, 3.63) is 53.6 Å². The lowest BCUT2D eigenvalue weighted by atomic mass is 9.96. The van der Waals surface area contributed by atoms with Gasteiger partial charge in [-0.3, -0.25) is 19.9 Å². The Morgan fingerprint density at radius 3 is 2.57 bits per heavy atom. The monoisotopic (exact) mass is 407 g/mol. The van der Waals surface area contributed by atoms with Crippen LogP contribution < -0.4 is 19.7 Å². The van der Waals surface area contributed by atoms with Crippen molar-refractivity contribution in [2.75, 3.05) is 11.7 Å². The molecule has 2 aliphatic rings. The molecule has 1 N–H and O–H groups in total. The van der Waals surface area contributed by atoms with E-state index in [0.29, 0.717) is 29.3 Å². The van der Waals surface area contributed by atoms with E-state index in [1.807, 2.05) is 26.0 Å². The lowest BCUT2D eigenvalue weighted by molar-refractivity contribution is -0.131. The minimum atomic E-state index is -1.15. The van der Waals surface area contributed by atoms with E-state index in [2.05, 4.69) is 10.3 Å². The van der Waals surface area contributed by atoms with Crippen LogP contribution in [0.4, 0.5) is 10.5 Å². The average molecular weight is 407 g/mol. The topological polar surface area (TPSA) is 97.3 Å². The summed E-state index contributed by atoms with van der Waals surface area (Å²) in [6.45, 7) is 4.19. The average Bonchev–Trinajstić information content (AvgIpc) is 3.19. The van der Waals surface area contributed by atoms with Gasteiger partial charge in [0.05, 0.1) is 12.2 Å². The number of imide groups is 2. The number of aryl methyl sites for hydroxylation is 1. The molecule has 4 amide bonds. The fourth-order valence-electron chi connectivity index (χ4n) is 3.45. The molecule has 1 saturated heterocycles. The first-order chi connectivity index (χ1) is 14.5. The summed E-state index contributed by atoms with van der Waals surface area (Å²) in [6.07, 6.45) is 0.393. The molecular weight excluding hydrogens is 386 g/mol. The molecule has 2 heterocycles. The van der Waals surface area contributed by atoms with Gasteiger partial charge in [-0.15, -0.1) is 0 Å². The summed E-state index contributed by atoms with van der Waals surface area (Å²) in [5, 5.41) is 2.28. The maximum atomic E-state index is 13.1. The second-order valence-corrected chi connectivity index (χ2v) is 7.09. The second kappa shape index (κ2) is 7.98. The minimum Gasteiger partial charge on any atom is -0.454 e. The number of anilines is 1. The number of urea groups is 1. The molecule has 0 bridgehead atoms. The number of carbonyl (C=O) groups excluding carboxylic acids is 3. The normalized spacial score (nSPS) is 18.6. The Labute approximate surface area is 173 Å². The summed E-state index contributed by atoms with van der Waals surface area (Å²) in [4.78, 5) is 43.5. The number of nitrogens with one attached hydrogen (secondary N) is 1. The number of amides is 4. The standard InChI is InChI=1S/C22H21N3O5/c1-3-16(23-11-14-6-9-17-18(10-14)30-12-29-17)19-20(26)24-22(28)25(21(19)27)15-7-4-13(2)5-8-15/h4-10,19H,3,11-12H2,1-2H3,(H,24,26,28). The van der Waals surface area contributed by atoms with Crippen molar-refractivity contribution in [2.45, 2.75) is 26.8 Å². The van der Waals surface area contributed by atoms with E-state index in [0.717, 1.165) is 16.0 Å².